The molecule has 1 aromatic carbocycles. The first-order valence-electron chi connectivity index (χ1n) is 8.26. The first-order valence-corrected chi connectivity index (χ1v) is 9.08. The zero-order valence-electron chi connectivity index (χ0n) is 14.9. The number of nitrogens with zero attached hydrogens (tertiary/aromatic N) is 2. The van der Waals surface area contributed by atoms with Gasteiger partial charge in [-0.1, -0.05) is 29.0 Å². The van der Waals surface area contributed by atoms with E-state index in [0.717, 1.165) is 29.0 Å². The Morgan fingerprint density at radius 3 is 2.72 bits per heavy atom. The molecule has 1 aliphatic heterocycles. The summed E-state index contributed by atoms with van der Waals surface area (Å²) in [6.45, 7) is 1.81. The van der Waals surface area contributed by atoms with Gasteiger partial charge in [0.2, 0.25) is 0 Å². The fourth-order valence-corrected chi connectivity index (χ4v) is 3.54. The van der Waals surface area contributed by atoms with Crippen molar-refractivity contribution in [1.82, 2.24) is 4.98 Å². The Morgan fingerprint density at radius 1 is 1.28 bits per heavy atom. The molecule has 0 saturated carbocycles. The number of anilines is 1. The number of amides is 1. The van der Waals surface area contributed by atoms with Gasteiger partial charge in [-0.25, -0.2) is 9.78 Å². The molecule has 0 atom stereocenters. The lowest BCUT2D eigenvalue weighted by Gasteiger charge is -2.08. The molecule has 1 aliphatic rings. The quantitative estimate of drug-likeness (QED) is 0.744. The van der Waals surface area contributed by atoms with Crippen molar-refractivity contribution >= 4 is 34.6 Å². The Bertz CT molecular complexity index is 1070. The molecule has 29 heavy (non-hydrogen) atoms. The third kappa shape index (κ3) is 4.77. The van der Waals surface area contributed by atoms with E-state index in [2.05, 4.69) is 15.3 Å². The summed E-state index contributed by atoms with van der Waals surface area (Å²) < 4.78 is 39.0. The van der Waals surface area contributed by atoms with Crippen LogP contribution in [0.15, 0.2) is 52.7 Å². The van der Waals surface area contributed by atoms with Crippen LogP contribution in [0, 0.1) is 0 Å². The molecule has 0 bridgehead atoms. The predicted octanol–water partition coefficient (Wildman–Crippen LogP) is 4.77. The summed E-state index contributed by atoms with van der Waals surface area (Å²) in [6.07, 6.45) is 0.393. The monoisotopic (exact) mass is 421 g/mol. The SMILES string of the molecule is CC1=CN=CC=C(C(=O)Nc2nc(C(=O)O)c(-c3cccc(C(F)(F)F)c3)s2)C1. The van der Waals surface area contributed by atoms with Crippen molar-refractivity contribution in [3.63, 3.8) is 0 Å². The second-order valence-electron chi connectivity index (χ2n) is 6.18. The number of hydrogen-bond acceptors (Lipinski definition) is 5. The van der Waals surface area contributed by atoms with Gasteiger partial charge in [-0.3, -0.25) is 15.1 Å². The fourth-order valence-electron chi connectivity index (χ4n) is 2.59. The summed E-state index contributed by atoms with van der Waals surface area (Å²) in [5.74, 6) is -1.90. The molecule has 2 heterocycles. The van der Waals surface area contributed by atoms with Crippen molar-refractivity contribution in [3.8, 4) is 10.4 Å². The van der Waals surface area contributed by atoms with Crippen molar-refractivity contribution in [1.29, 1.82) is 0 Å². The molecule has 150 valence electrons. The lowest BCUT2D eigenvalue weighted by atomic mass is 10.1. The van der Waals surface area contributed by atoms with Crippen molar-refractivity contribution in [3.05, 3.63) is 58.9 Å². The van der Waals surface area contributed by atoms with Gasteiger partial charge in [-0.2, -0.15) is 13.2 Å². The summed E-state index contributed by atoms with van der Waals surface area (Å²) >= 11 is 0.792. The number of carboxylic acids is 1. The molecule has 0 spiro atoms. The Labute approximate surface area is 167 Å². The average molecular weight is 421 g/mol. The summed E-state index contributed by atoms with van der Waals surface area (Å²) in [5, 5.41) is 11.9. The lowest BCUT2D eigenvalue weighted by Crippen LogP contribution is -2.15. The van der Waals surface area contributed by atoms with Gasteiger partial charge >= 0.3 is 12.1 Å². The molecule has 1 amide bonds. The third-order valence-electron chi connectivity index (χ3n) is 3.92. The molecule has 0 fully saturated rings. The molecule has 1 aromatic heterocycles. The van der Waals surface area contributed by atoms with Gasteiger partial charge in [-0.15, -0.1) is 0 Å². The minimum absolute atomic E-state index is 0.0198. The number of aromatic nitrogens is 1. The lowest BCUT2D eigenvalue weighted by molar-refractivity contribution is -0.137. The Hall–Kier alpha value is -3.27. The molecule has 0 unspecified atom stereocenters. The number of halogens is 3. The summed E-state index contributed by atoms with van der Waals surface area (Å²) in [6, 6.07) is 4.29. The highest BCUT2D eigenvalue weighted by Gasteiger charge is 2.31. The van der Waals surface area contributed by atoms with Gasteiger partial charge in [0, 0.05) is 24.4 Å². The molecular weight excluding hydrogens is 407 g/mol. The molecule has 3 rings (SSSR count). The molecule has 0 saturated heterocycles. The van der Waals surface area contributed by atoms with Crippen molar-refractivity contribution in [2.45, 2.75) is 19.5 Å². The van der Waals surface area contributed by atoms with E-state index in [4.69, 9.17) is 0 Å². The van der Waals surface area contributed by atoms with E-state index in [1.54, 1.807) is 13.1 Å². The van der Waals surface area contributed by atoms with E-state index in [1.807, 2.05) is 0 Å². The Morgan fingerprint density at radius 2 is 2.03 bits per heavy atom. The minimum Gasteiger partial charge on any atom is -0.476 e. The maximum absolute atomic E-state index is 13.0. The molecule has 6 nitrogen and oxygen atoms in total. The van der Waals surface area contributed by atoms with Crippen LogP contribution in [0.1, 0.15) is 29.4 Å². The van der Waals surface area contributed by atoms with Gasteiger partial charge in [0.05, 0.1) is 10.4 Å². The van der Waals surface area contributed by atoms with E-state index in [0.29, 0.717) is 12.0 Å². The molecule has 2 N–H and O–H groups in total. The third-order valence-corrected chi connectivity index (χ3v) is 4.94. The number of carbonyl (C=O) groups excluding carboxylic acids is 1. The van der Waals surface area contributed by atoms with E-state index >= 15 is 0 Å². The number of alkyl halides is 3. The Balaban J connectivity index is 1.93. The van der Waals surface area contributed by atoms with Gasteiger partial charge in [0.1, 0.15) is 0 Å². The molecule has 0 aliphatic carbocycles. The number of carboxylic acid groups (broad SMARTS) is 1. The zero-order valence-corrected chi connectivity index (χ0v) is 15.8. The summed E-state index contributed by atoms with van der Waals surface area (Å²) in [4.78, 5) is 31.9. The van der Waals surface area contributed by atoms with Crippen molar-refractivity contribution in [2.24, 2.45) is 4.99 Å². The second kappa shape index (κ2) is 8.00. The number of hydrogen-bond donors (Lipinski definition) is 2. The standard InChI is InChI=1S/C19H14F3N3O3S/c1-10-7-12(5-6-23-9-10)16(26)25-18-24-14(17(27)28)15(29-18)11-3-2-4-13(8-11)19(20,21)22/h2-6,8-9H,7H2,1H3,(H,27,28)(H,24,25,26). The first kappa shape index (κ1) is 20.5. The smallest absolute Gasteiger partial charge is 0.416 e. The van der Waals surface area contributed by atoms with Gasteiger partial charge < -0.3 is 5.11 Å². The normalized spacial score (nSPS) is 14.1. The number of allylic oxidation sites excluding steroid dienone is 2. The van der Waals surface area contributed by atoms with Crippen molar-refractivity contribution < 1.29 is 27.9 Å². The summed E-state index contributed by atoms with van der Waals surface area (Å²) in [7, 11) is 0. The number of benzene rings is 1. The van der Waals surface area contributed by atoms with Crippen LogP contribution in [0.5, 0.6) is 0 Å². The molecule has 10 heteroatoms. The van der Waals surface area contributed by atoms with Crippen LogP contribution in [-0.2, 0) is 11.0 Å². The number of nitrogens with one attached hydrogen (secondary N) is 1. The van der Waals surface area contributed by atoms with Crippen LogP contribution in [0.25, 0.3) is 10.4 Å². The molecule has 0 radical (unpaired) electrons. The number of aliphatic imine (C=N–C) groups is 1. The van der Waals surface area contributed by atoms with Gasteiger partial charge in [0.25, 0.3) is 5.91 Å². The zero-order chi connectivity index (χ0) is 21.2. The fraction of sp³-hybridized carbons (Fsp3) is 0.158. The molecular formula is C19H14F3N3O3S. The van der Waals surface area contributed by atoms with Crippen LogP contribution < -0.4 is 5.32 Å². The van der Waals surface area contributed by atoms with Gasteiger partial charge in [0.15, 0.2) is 10.8 Å². The Kier molecular flexibility index (Phi) is 5.64. The van der Waals surface area contributed by atoms with E-state index in [9.17, 15) is 27.9 Å². The average Bonchev–Trinajstić information content (AvgIpc) is 2.95. The number of carbonyl (C=O) groups is 2. The first-order chi connectivity index (χ1) is 13.6. The predicted molar refractivity (Wildman–Crippen MR) is 103 cm³/mol. The topological polar surface area (TPSA) is 91.7 Å². The largest absolute Gasteiger partial charge is 0.476 e. The van der Waals surface area contributed by atoms with E-state index in [-0.39, 0.29) is 15.6 Å². The van der Waals surface area contributed by atoms with Crippen LogP contribution in [-0.4, -0.2) is 28.2 Å². The molecule has 2 aromatic rings. The highest BCUT2D eigenvalue weighted by Crippen LogP contribution is 2.37. The number of thiazole rings is 1. The van der Waals surface area contributed by atoms with Crippen LogP contribution >= 0.6 is 11.3 Å². The van der Waals surface area contributed by atoms with Crippen LogP contribution in [0.2, 0.25) is 0 Å². The van der Waals surface area contributed by atoms with Crippen molar-refractivity contribution in [2.75, 3.05) is 5.32 Å². The second-order valence-corrected chi connectivity index (χ2v) is 7.18. The summed E-state index contributed by atoms with van der Waals surface area (Å²) in [5.41, 5.74) is -0.0368. The number of aromatic carboxylic acids is 1. The van der Waals surface area contributed by atoms with E-state index in [1.165, 1.54) is 24.4 Å². The van der Waals surface area contributed by atoms with E-state index < -0.39 is 29.3 Å². The van der Waals surface area contributed by atoms with Gasteiger partial charge in [-0.05, 0) is 30.7 Å². The van der Waals surface area contributed by atoms with Crippen LogP contribution in [0.4, 0.5) is 18.3 Å². The maximum Gasteiger partial charge on any atom is 0.416 e. The highest BCUT2D eigenvalue weighted by molar-refractivity contribution is 7.19. The maximum atomic E-state index is 13.0. The highest BCUT2D eigenvalue weighted by atomic mass is 32.1. The number of rotatable bonds is 4. The minimum atomic E-state index is -4.57. The van der Waals surface area contributed by atoms with Crippen LogP contribution in [0.3, 0.4) is 0 Å².